The largest absolute Gasteiger partial charge is 0.444 e. The third-order valence-electron chi connectivity index (χ3n) is 5.35. The smallest absolute Gasteiger partial charge is 0.410 e. The van der Waals surface area contributed by atoms with Crippen LogP contribution in [0.15, 0.2) is 24.3 Å². The van der Waals surface area contributed by atoms with Gasteiger partial charge in [0.05, 0.1) is 5.60 Å². The van der Waals surface area contributed by atoms with E-state index in [-0.39, 0.29) is 17.1 Å². The van der Waals surface area contributed by atoms with Crippen LogP contribution in [0.25, 0.3) is 0 Å². The van der Waals surface area contributed by atoms with Gasteiger partial charge in [-0.3, -0.25) is 0 Å². The Balaban J connectivity index is 1.69. The summed E-state index contributed by atoms with van der Waals surface area (Å²) in [5.74, 6) is -2.94. The van der Waals surface area contributed by atoms with Crippen molar-refractivity contribution in [2.75, 3.05) is 13.1 Å². The molecule has 4 nitrogen and oxygen atoms in total. The van der Waals surface area contributed by atoms with E-state index in [1.165, 1.54) is 12.1 Å². The van der Waals surface area contributed by atoms with Crippen molar-refractivity contribution in [2.45, 2.75) is 64.1 Å². The zero-order chi connectivity index (χ0) is 19.4. The van der Waals surface area contributed by atoms with Crippen molar-refractivity contribution < 1.29 is 23.4 Å². The average molecular weight is 367 g/mol. The molecular formula is C20H27F2NO3. The van der Waals surface area contributed by atoms with Gasteiger partial charge in [0.2, 0.25) is 0 Å². The van der Waals surface area contributed by atoms with Crippen LogP contribution < -0.4 is 0 Å². The maximum atomic E-state index is 13.6. The first-order valence-corrected chi connectivity index (χ1v) is 9.01. The molecule has 6 heteroatoms. The summed E-state index contributed by atoms with van der Waals surface area (Å²) >= 11 is 0. The highest BCUT2D eigenvalue weighted by Gasteiger charge is 2.55. The van der Waals surface area contributed by atoms with Gasteiger partial charge in [-0.25, -0.2) is 13.6 Å². The second kappa shape index (κ2) is 5.91. The van der Waals surface area contributed by atoms with E-state index < -0.39 is 17.1 Å². The molecule has 0 bridgehead atoms. The first-order chi connectivity index (χ1) is 11.8. The van der Waals surface area contributed by atoms with Crippen LogP contribution in [0, 0.1) is 5.41 Å². The van der Waals surface area contributed by atoms with Crippen LogP contribution in [-0.4, -0.2) is 34.8 Å². The lowest BCUT2D eigenvalue weighted by Gasteiger charge is -2.48. The van der Waals surface area contributed by atoms with E-state index in [0.29, 0.717) is 31.5 Å². The van der Waals surface area contributed by atoms with E-state index >= 15 is 0 Å². The van der Waals surface area contributed by atoms with E-state index in [9.17, 15) is 18.7 Å². The van der Waals surface area contributed by atoms with Gasteiger partial charge in [0.1, 0.15) is 5.60 Å². The number of halogens is 2. The third kappa shape index (κ3) is 3.70. The molecule has 1 saturated heterocycles. The Morgan fingerprint density at radius 3 is 2.42 bits per heavy atom. The number of hydrogen-bond acceptors (Lipinski definition) is 3. The lowest BCUT2D eigenvalue weighted by molar-refractivity contribution is -0.0480. The van der Waals surface area contributed by atoms with Crippen molar-refractivity contribution in [1.29, 1.82) is 0 Å². The van der Waals surface area contributed by atoms with Gasteiger partial charge in [0, 0.05) is 31.0 Å². The molecule has 0 radical (unpaired) electrons. The molecule has 144 valence electrons. The number of carbonyl (C=O) groups excluding carboxylic acids is 1. The Labute approximate surface area is 153 Å². The third-order valence-corrected chi connectivity index (χ3v) is 5.35. The van der Waals surface area contributed by atoms with Crippen LogP contribution >= 0.6 is 0 Å². The van der Waals surface area contributed by atoms with E-state index in [4.69, 9.17) is 4.74 Å². The Morgan fingerprint density at radius 1 is 1.19 bits per heavy atom. The molecule has 1 spiro atoms. The molecular weight excluding hydrogens is 340 g/mol. The highest BCUT2D eigenvalue weighted by atomic mass is 19.3. The summed E-state index contributed by atoms with van der Waals surface area (Å²) in [4.78, 5) is 13.8. The van der Waals surface area contributed by atoms with Gasteiger partial charge in [-0.15, -0.1) is 0 Å². The fourth-order valence-electron chi connectivity index (χ4n) is 4.09. The molecule has 1 atom stereocenters. The van der Waals surface area contributed by atoms with Crippen LogP contribution in [0.5, 0.6) is 0 Å². The second-order valence-corrected chi connectivity index (χ2v) is 9.01. The summed E-state index contributed by atoms with van der Waals surface area (Å²) in [7, 11) is 0. The first kappa shape index (κ1) is 19.1. The molecule has 26 heavy (non-hydrogen) atoms. The summed E-state index contributed by atoms with van der Waals surface area (Å²) in [6.07, 6.45) is 1.40. The molecule has 1 saturated carbocycles. The predicted molar refractivity (Wildman–Crippen MR) is 94.0 cm³/mol. The lowest BCUT2D eigenvalue weighted by Crippen LogP contribution is -2.58. The normalized spacial score (nSPS) is 25.3. The molecule has 3 rings (SSSR count). The number of likely N-dealkylation sites (tertiary alicyclic amines) is 1. The maximum absolute atomic E-state index is 13.6. The molecule has 0 unspecified atom stereocenters. The van der Waals surface area contributed by atoms with E-state index in [2.05, 4.69) is 0 Å². The van der Waals surface area contributed by atoms with Crippen molar-refractivity contribution in [3.63, 3.8) is 0 Å². The fourth-order valence-corrected chi connectivity index (χ4v) is 4.09. The zero-order valence-electron chi connectivity index (χ0n) is 15.8. The monoisotopic (exact) mass is 367 g/mol. The summed E-state index contributed by atoms with van der Waals surface area (Å²) < 4.78 is 32.6. The lowest BCUT2D eigenvalue weighted by atomic mass is 9.76. The summed E-state index contributed by atoms with van der Waals surface area (Å²) in [6, 6.07) is 6.06. The van der Waals surface area contributed by atoms with Gasteiger partial charge in [0.15, 0.2) is 0 Å². The molecule has 0 aromatic heterocycles. The highest BCUT2D eigenvalue weighted by Crippen LogP contribution is 2.54. The minimum absolute atomic E-state index is 0.0895. The molecule has 1 aliphatic heterocycles. The molecule has 2 fully saturated rings. The van der Waals surface area contributed by atoms with E-state index in [0.717, 1.165) is 13.3 Å². The van der Waals surface area contributed by atoms with Crippen LogP contribution in [-0.2, 0) is 16.3 Å². The van der Waals surface area contributed by atoms with Gasteiger partial charge < -0.3 is 14.7 Å². The Morgan fingerprint density at radius 2 is 1.85 bits per heavy atom. The standard InChI is InChI=1S/C20H27F2NO3/c1-17(2,3)26-16(24)23-12-19(13-23)8-9-20(25,11-19)15-7-5-6-14(10-15)18(4,21)22/h5-7,10,25H,8-9,11-13H2,1-4H3/t20-/m1/s1. The fraction of sp³-hybridized carbons (Fsp3) is 0.650. The number of benzene rings is 1. The van der Waals surface area contributed by atoms with Gasteiger partial charge in [-0.1, -0.05) is 18.2 Å². The second-order valence-electron chi connectivity index (χ2n) is 9.01. The Bertz CT molecular complexity index is 702. The number of nitrogens with zero attached hydrogens (tertiary/aromatic N) is 1. The van der Waals surface area contributed by atoms with E-state index in [1.54, 1.807) is 17.0 Å². The van der Waals surface area contributed by atoms with Crippen molar-refractivity contribution in [1.82, 2.24) is 4.90 Å². The number of rotatable bonds is 2. The first-order valence-electron chi connectivity index (χ1n) is 9.01. The number of amides is 1. The number of hydrogen-bond donors (Lipinski definition) is 1. The minimum atomic E-state index is -2.94. The highest BCUT2D eigenvalue weighted by molar-refractivity contribution is 5.69. The summed E-state index contributed by atoms with van der Waals surface area (Å²) in [6.45, 7) is 7.40. The summed E-state index contributed by atoms with van der Waals surface area (Å²) in [5.41, 5.74) is -1.38. The van der Waals surface area contributed by atoms with Crippen molar-refractivity contribution in [3.8, 4) is 0 Å². The molecule has 1 aliphatic carbocycles. The van der Waals surface area contributed by atoms with Gasteiger partial charge in [-0.05, 0) is 51.7 Å². The van der Waals surface area contributed by atoms with Crippen molar-refractivity contribution >= 4 is 6.09 Å². The Kier molecular flexibility index (Phi) is 4.34. The Hall–Kier alpha value is -1.69. The SMILES string of the molecule is CC(C)(C)OC(=O)N1CC2(CC[C@](O)(c3cccc(C(C)(F)F)c3)C2)C1. The topological polar surface area (TPSA) is 49.8 Å². The minimum Gasteiger partial charge on any atom is -0.444 e. The molecule has 1 heterocycles. The van der Waals surface area contributed by atoms with Crippen LogP contribution in [0.2, 0.25) is 0 Å². The van der Waals surface area contributed by atoms with E-state index in [1.807, 2.05) is 20.8 Å². The number of aliphatic hydroxyl groups is 1. The van der Waals surface area contributed by atoms with Crippen molar-refractivity contribution in [2.24, 2.45) is 5.41 Å². The summed E-state index contributed by atoms with van der Waals surface area (Å²) in [5, 5.41) is 11.1. The zero-order valence-corrected chi connectivity index (χ0v) is 15.8. The van der Waals surface area contributed by atoms with Gasteiger partial charge >= 0.3 is 6.09 Å². The molecule has 1 N–H and O–H groups in total. The quantitative estimate of drug-likeness (QED) is 0.842. The number of carbonyl (C=O) groups is 1. The maximum Gasteiger partial charge on any atom is 0.410 e. The van der Waals surface area contributed by atoms with Crippen LogP contribution in [0.4, 0.5) is 13.6 Å². The molecule has 1 amide bonds. The van der Waals surface area contributed by atoms with Gasteiger partial charge in [0.25, 0.3) is 5.92 Å². The number of ether oxygens (including phenoxy) is 1. The molecule has 2 aliphatic rings. The van der Waals surface area contributed by atoms with Crippen LogP contribution in [0.1, 0.15) is 58.1 Å². The average Bonchev–Trinajstić information content (AvgIpc) is 2.83. The number of alkyl halides is 2. The van der Waals surface area contributed by atoms with Gasteiger partial charge in [-0.2, -0.15) is 0 Å². The molecule has 1 aromatic rings. The van der Waals surface area contributed by atoms with Crippen LogP contribution in [0.3, 0.4) is 0 Å². The molecule has 1 aromatic carbocycles. The predicted octanol–water partition coefficient (Wildman–Crippen LogP) is 4.41. The van der Waals surface area contributed by atoms with Crippen molar-refractivity contribution in [3.05, 3.63) is 35.4 Å².